The molecule has 2 fully saturated rings. The SMILES string of the molecule is CCN(CC)CC(C)NC(=O)C1CC12CCNCC2. The van der Waals surface area contributed by atoms with Crippen molar-refractivity contribution in [2.75, 3.05) is 32.7 Å². The number of hydrogen-bond donors (Lipinski definition) is 2. The van der Waals surface area contributed by atoms with Gasteiger partial charge in [0.25, 0.3) is 0 Å². The van der Waals surface area contributed by atoms with E-state index in [1.54, 1.807) is 0 Å². The number of likely N-dealkylation sites (N-methyl/N-ethyl adjacent to an activating group) is 1. The van der Waals surface area contributed by atoms with Gasteiger partial charge >= 0.3 is 0 Å². The quantitative estimate of drug-likeness (QED) is 0.760. The largest absolute Gasteiger partial charge is 0.352 e. The molecule has 1 saturated heterocycles. The molecule has 2 aliphatic rings. The molecule has 0 aromatic heterocycles. The molecule has 2 rings (SSSR count). The fourth-order valence-electron chi connectivity index (χ4n) is 3.45. The van der Waals surface area contributed by atoms with E-state index < -0.39 is 0 Å². The van der Waals surface area contributed by atoms with E-state index in [1.165, 1.54) is 12.8 Å². The maximum Gasteiger partial charge on any atom is 0.223 e. The topological polar surface area (TPSA) is 44.4 Å². The fourth-order valence-corrected chi connectivity index (χ4v) is 3.45. The smallest absolute Gasteiger partial charge is 0.223 e. The van der Waals surface area contributed by atoms with Crippen molar-refractivity contribution in [3.63, 3.8) is 0 Å². The zero-order valence-electron chi connectivity index (χ0n) is 12.7. The van der Waals surface area contributed by atoms with Crippen molar-refractivity contribution < 1.29 is 4.79 Å². The van der Waals surface area contributed by atoms with Crippen LogP contribution in [0.2, 0.25) is 0 Å². The maximum atomic E-state index is 12.3. The lowest BCUT2D eigenvalue weighted by atomic mass is 9.91. The lowest BCUT2D eigenvalue weighted by molar-refractivity contribution is -0.124. The van der Waals surface area contributed by atoms with E-state index >= 15 is 0 Å². The summed E-state index contributed by atoms with van der Waals surface area (Å²) in [6, 6.07) is 0.256. The summed E-state index contributed by atoms with van der Waals surface area (Å²) in [7, 11) is 0. The number of amides is 1. The molecule has 0 radical (unpaired) electrons. The minimum atomic E-state index is 0.256. The van der Waals surface area contributed by atoms with Crippen LogP contribution in [0.15, 0.2) is 0 Å². The number of carbonyl (C=O) groups excluding carboxylic acids is 1. The van der Waals surface area contributed by atoms with Crippen LogP contribution in [-0.2, 0) is 4.79 Å². The summed E-state index contributed by atoms with van der Waals surface area (Å²) in [6.45, 7) is 11.7. The molecule has 1 spiro atoms. The van der Waals surface area contributed by atoms with E-state index in [4.69, 9.17) is 0 Å². The van der Waals surface area contributed by atoms with Gasteiger partial charge in [0.1, 0.15) is 0 Å². The Hall–Kier alpha value is -0.610. The molecule has 4 heteroatoms. The van der Waals surface area contributed by atoms with E-state index in [1.807, 2.05) is 0 Å². The first-order chi connectivity index (χ1) is 9.11. The number of piperidine rings is 1. The number of nitrogens with zero attached hydrogens (tertiary/aromatic N) is 1. The first kappa shape index (κ1) is 14.8. The van der Waals surface area contributed by atoms with Gasteiger partial charge in [0.15, 0.2) is 0 Å². The normalized spacial score (nSPS) is 26.4. The third kappa shape index (κ3) is 3.48. The molecule has 1 saturated carbocycles. The summed E-state index contributed by atoms with van der Waals surface area (Å²) >= 11 is 0. The Bertz CT molecular complexity index is 309. The van der Waals surface area contributed by atoms with Gasteiger partial charge in [0.05, 0.1) is 0 Å². The molecule has 1 aliphatic carbocycles. The zero-order chi connectivity index (χ0) is 13.9. The molecular weight excluding hydrogens is 238 g/mol. The van der Waals surface area contributed by atoms with E-state index in [2.05, 4.69) is 36.3 Å². The minimum absolute atomic E-state index is 0.256. The van der Waals surface area contributed by atoms with Crippen LogP contribution in [0.3, 0.4) is 0 Å². The third-order valence-corrected chi connectivity index (χ3v) is 4.92. The van der Waals surface area contributed by atoms with Crippen LogP contribution in [0, 0.1) is 11.3 Å². The van der Waals surface area contributed by atoms with Crippen molar-refractivity contribution in [2.24, 2.45) is 11.3 Å². The minimum Gasteiger partial charge on any atom is -0.352 e. The first-order valence-electron chi connectivity index (χ1n) is 7.84. The number of rotatable bonds is 6. The lowest BCUT2D eigenvalue weighted by Crippen LogP contribution is -2.43. The highest BCUT2D eigenvalue weighted by molar-refractivity contribution is 5.82. The molecule has 1 aliphatic heterocycles. The van der Waals surface area contributed by atoms with Gasteiger partial charge in [-0.2, -0.15) is 0 Å². The highest BCUT2D eigenvalue weighted by Gasteiger charge is 2.57. The summed E-state index contributed by atoms with van der Waals surface area (Å²) < 4.78 is 0. The van der Waals surface area contributed by atoms with Crippen molar-refractivity contribution in [3.05, 3.63) is 0 Å². The second-order valence-corrected chi connectivity index (χ2v) is 6.26. The van der Waals surface area contributed by atoms with Crippen LogP contribution < -0.4 is 10.6 Å². The summed E-state index contributed by atoms with van der Waals surface area (Å²) in [5.41, 5.74) is 0.351. The van der Waals surface area contributed by atoms with Gasteiger partial charge in [-0.05, 0) is 57.8 Å². The van der Waals surface area contributed by atoms with Gasteiger partial charge in [0, 0.05) is 18.5 Å². The highest BCUT2D eigenvalue weighted by atomic mass is 16.2. The fraction of sp³-hybridized carbons (Fsp3) is 0.933. The van der Waals surface area contributed by atoms with E-state index in [0.29, 0.717) is 11.3 Å². The van der Waals surface area contributed by atoms with Crippen molar-refractivity contribution in [2.45, 2.75) is 46.1 Å². The Balaban J connectivity index is 1.76. The van der Waals surface area contributed by atoms with Crippen LogP contribution in [0.5, 0.6) is 0 Å². The Morgan fingerprint density at radius 2 is 2.00 bits per heavy atom. The van der Waals surface area contributed by atoms with Crippen molar-refractivity contribution in [1.29, 1.82) is 0 Å². The van der Waals surface area contributed by atoms with E-state index in [-0.39, 0.29) is 12.0 Å². The summed E-state index contributed by atoms with van der Waals surface area (Å²) in [6.07, 6.45) is 3.46. The molecule has 1 amide bonds. The lowest BCUT2D eigenvalue weighted by Gasteiger charge is -2.25. The van der Waals surface area contributed by atoms with Crippen LogP contribution in [0.25, 0.3) is 0 Å². The average molecular weight is 267 g/mol. The predicted molar refractivity (Wildman–Crippen MR) is 78.0 cm³/mol. The standard InChI is InChI=1S/C15H29N3O/c1-4-18(5-2)11-12(3)17-14(19)13-10-15(13)6-8-16-9-7-15/h12-13,16H,4-11H2,1-3H3,(H,17,19). The van der Waals surface area contributed by atoms with Gasteiger partial charge in [-0.25, -0.2) is 0 Å². The third-order valence-electron chi connectivity index (χ3n) is 4.92. The molecule has 19 heavy (non-hydrogen) atoms. The van der Waals surface area contributed by atoms with Gasteiger partial charge in [-0.15, -0.1) is 0 Å². The number of nitrogens with one attached hydrogen (secondary N) is 2. The molecule has 2 N–H and O–H groups in total. The zero-order valence-corrected chi connectivity index (χ0v) is 12.7. The van der Waals surface area contributed by atoms with Crippen molar-refractivity contribution in [3.8, 4) is 0 Å². The average Bonchev–Trinajstić information content (AvgIpc) is 3.10. The highest BCUT2D eigenvalue weighted by Crippen LogP contribution is 2.58. The van der Waals surface area contributed by atoms with Gasteiger partial charge in [0.2, 0.25) is 5.91 Å². The first-order valence-corrected chi connectivity index (χ1v) is 7.84. The van der Waals surface area contributed by atoms with E-state index in [0.717, 1.165) is 39.1 Å². The summed E-state index contributed by atoms with van der Waals surface area (Å²) in [5.74, 6) is 0.579. The van der Waals surface area contributed by atoms with E-state index in [9.17, 15) is 4.79 Å². The number of carbonyl (C=O) groups is 1. The second kappa shape index (κ2) is 6.23. The molecule has 110 valence electrons. The van der Waals surface area contributed by atoms with Crippen LogP contribution in [0.1, 0.15) is 40.0 Å². The van der Waals surface area contributed by atoms with Crippen LogP contribution in [0.4, 0.5) is 0 Å². The monoisotopic (exact) mass is 267 g/mol. The maximum absolute atomic E-state index is 12.3. The number of hydrogen-bond acceptors (Lipinski definition) is 3. The second-order valence-electron chi connectivity index (χ2n) is 6.26. The van der Waals surface area contributed by atoms with Gasteiger partial charge < -0.3 is 15.5 Å². The van der Waals surface area contributed by atoms with Gasteiger partial charge in [-0.1, -0.05) is 13.8 Å². The van der Waals surface area contributed by atoms with Crippen molar-refractivity contribution in [1.82, 2.24) is 15.5 Å². The molecular formula is C15H29N3O. The molecule has 2 atom stereocenters. The van der Waals surface area contributed by atoms with Gasteiger partial charge in [-0.3, -0.25) is 4.79 Å². The van der Waals surface area contributed by atoms with Crippen molar-refractivity contribution >= 4 is 5.91 Å². The van der Waals surface area contributed by atoms with Crippen LogP contribution in [-0.4, -0.2) is 49.6 Å². The Labute approximate surface area is 117 Å². The Kier molecular flexibility index (Phi) is 4.85. The molecule has 0 bridgehead atoms. The summed E-state index contributed by atoms with van der Waals surface area (Å²) in [5, 5.41) is 6.60. The van der Waals surface area contributed by atoms with Crippen LogP contribution >= 0.6 is 0 Å². The summed E-state index contributed by atoms with van der Waals surface area (Å²) in [4.78, 5) is 14.7. The molecule has 1 heterocycles. The molecule has 2 unspecified atom stereocenters. The Morgan fingerprint density at radius 1 is 1.37 bits per heavy atom. The Morgan fingerprint density at radius 3 is 2.58 bits per heavy atom. The molecule has 0 aromatic carbocycles. The molecule has 0 aromatic rings. The molecule has 4 nitrogen and oxygen atoms in total. The predicted octanol–water partition coefficient (Wildman–Crippen LogP) is 1.22.